The van der Waals surface area contributed by atoms with Crippen molar-refractivity contribution in [3.8, 4) is 5.75 Å². The Labute approximate surface area is 109 Å². The summed E-state index contributed by atoms with van der Waals surface area (Å²) in [4.78, 5) is 3.98. The Morgan fingerprint density at radius 3 is 2.83 bits per heavy atom. The molecule has 0 saturated heterocycles. The number of hydrogen-bond donors (Lipinski definition) is 1. The van der Waals surface area contributed by atoms with Crippen LogP contribution in [0.4, 0.5) is 4.39 Å². The van der Waals surface area contributed by atoms with E-state index >= 15 is 0 Å². The summed E-state index contributed by atoms with van der Waals surface area (Å²) in [5, 5.41) is 0.0226. The number of ether oxygens (including phenoxy) is 1. The van der Waals surface area contributed by atoms with Crippen LogP contribution in [0.5, 0.6) is 5.75 Å². The van der Waals surface area contributed by atoms with E-state index in [0.717, 1.165) is 5.56 Å². The summed E-state index contributed by atoms with van der Waals surface area (Å²) >= 11 is 5.69. The van der Waals surface area contributed by atoms with Gasteiger partial charge < -0.3 is 10.5 Å². The van der Waals surface area contributed by atoms with E-state index in [-0.39, 0.29) is 17.3 Å². The Morgan fingerprint density at radius 2 is 2.17 bits per heavy atom. The van der Waals surface area contributed by atoms with Crippen LogP contribution in [-0.2, 0) is 0 Å². The van der Waals surface area contributed by atoms with Gasteiger partial charge >= 0.3 is 0 Å². The molecule has 0 fully saturated rings. The van der Waals surface area contributed by atoms with Crippen LogP contribution >= 0.6 is 11.6 Å². The number of rotatable bonds is 4. The van der Waals surface area contributed by atoms with Crippen molar-refractivity contribution in [2.24, 2.45) is 5.73 Å². The summed E-state index contributed by atoms with van der Waals surface area (Å²) in [7, 11) is 0. The molecule has 1 aromatic heterocycles. The number of pyridine rings is 1. The molecule has 2 N–H and O–H groups in total. The van der Waals surface area contributed by atoms with Crippen molar-refractivity contribution in [1.82, 2.24) is 4.98 Å². The van der Waals surface area contributed by atoms with Gasteiger partial charge in [-0.3, -0.25) is 4.98 Å². The van der Waals surface area contributed by atoms with E-state index in [1.54, 1.807) is 24.5 Å². The first-order valence-electron chi connectivity index (χ1n) is 5.43. The Balaban J connectivity index is 2.24. The average molecular weight is 267 g/mol. The number of benzene rings is 1. The second-order valence-corrected chi connectivity index (χ2v) is 4.09. The summed E-state index contributed by atoms with van der Waals surface area (Å²) in [6.07, 6.45) is 2.84. The molecule has 0 amide bonds. The summed E-state index contributed by atoms with van der Waals surface area (Å²) in [6.45, 7) is 0.220. The molecule has 1 aromatic carbocycles. The van der Waals surface area contributed by atoms with Crippen molar-refractivity contribution in [3.05, 3.63) is 59.1 Å². The molecular formula is C13H12ClFN2O. The predicted octanol–water partition coefficient (Wildman–Crippen LogP) is 2.95. The highest BCUT2D eigenvalue weighted by molar-refractivity contribution is 6.30. The maximum Gasteiger partial charge on any atom is 0.183 e. The molecule has 0 aliphatic carbocycles. The zero-order valence-electron chi connectivity index (χ0n) is 9.51. The van der Waals surface area contributed by atoms with Gasteiger partial charge in [-0.05, 0) is 18.2 Å². The van der Waals surface area contributed by atoms with Crippen LogP contribution in [0.25, 0.3) is 0 Å². The van der Waals surface area contributed by atoms with Gasteiger partial charge in [-0.15, -0.1) is 0 Å². The Morgan fingerprint density at radius 1 is 1.33 bits per heavy atom. The van der Waals surface area contributed by atoms with Crippen LogP contribution in [0.2, 0.25) is 5.02 Å². The molecule has 3 nitrogen and oxygen atoms in total. The monoisotopic (exact) mass is 266 g/mol. The second kappa shape index (κ2) is 5.80. The molecule has 18 heavy (non-hydrogen) atoms. The van der Waals surface area contributed by atoms with Gasteiger partial charge in [0.15, 0.2) is 11.6 Å². The molecule has 1 heterocycles. The Bertz CT molecular complexity index is 522. The molecule has 1 atom stereocenters. The minimum absolute atomic E-state index is 0.0226. The van der Waals surface area contributed by atoms with Gasteiger partial charge in [0.2, 0.25) is 0 Å². The standard InChI is InChI=1S/C13H12ClFN2O/c14-10-4-1-5-11(13(10)15)18-12(7-16)9-3-2-6-17-8-9/h1-6,8,12H,7,16H2. The zero-order chi connectivity index (χ0) is 13.0. The maximum absolute atomic E-state index is 13.7. The first-order chi connectivity index (χ1) is 8.72. The third-order valence-electron chi connectivity index (χ3n) is 2.46. The van der Waals surface area contributed by atoms with Gasteiger partial charge in [-0.25, -0.2) is 4.39 Å². The van der Waals surface area contributed by atoms with Crippen LogP contribution in [0.15, 0.2) is 42.7 Å². The normalized spacial score (nSPS) is 12.2. The highest BCUT2D eigenvalue weighted by atomic mass is 35.5. The lowest BCUT2D eigenvalue weighted by Crippen LogP contribution is -2.19. The van der Waals surface area contributed by atoms with Crippen LogP contribution in [0.1, 0.15) is 11.7 Å². The Kier molecular flexibility index (Phi) is 4.12. The fourth-order valence-electron chi connectivity index (χ4n) is 1.55. The molecule has 5 heteroatoms. The van der Waals surface area contributed by atoms with Crippen molar-refractivity contribution in [3.63, 3.8) is 0 Å². The molecule has 0 spiro atoms. The van der Waals surface area contributed by atoms with E-state index in [4.69, 9.17) is 22.1 Å². The van der Waals surface area contributed by atoms with Crippen LogP contribution in [-0.4, -0.2) is 11.5 Å². The van der Waals surface area contributed by atoms with Gasteiger partial charge in [0.25, 0.3) is 0 Å². The first-order valence-corrected chi connectivity index (χ1v) is 5.81. The van der Waals surface area contributed by atoms with Gasteiger partial charge in [0, 0.05) is 24.5 Å². The van der Waals surface area contributed by atoms with E-state index < -0.39 is 11.9 Å². The van der Waals surface area contributed by atoms with Crippen molar-refractivity contribution in [2.45, 2.75) is 6.10 Å². The largest absolute Gasteiger partial charge is 0.481 e. The third kappa shape index (κ3) is 2.78. The summed E-state index contributed by atoms with van der Waals surface area (Å²) in [6, 6.07) is 8.20. The van der Waals surface area contributed by atoms with Crippen molar-refractivity contribution < 1.29 is 9.13 Å². The van der Waals surface area contributed by atoms with Crippen molar-refractivity contribution in [2.75, 3.05) is 6.54 Å². The topological polar surface area (TPSA) is 48.1 Å². The molecule has 0 aliphatic heterocycles. The maximum atomic E-state index is 13.7. The molecule has 1 unspecified atom stereocenters. The van der Waals surface area contributed by atoms with Crippen molar-refractivity contribution in [1.29, 1.82) is 0 Å². The molecule has 0 saturated carbocycles. The van der Waals surface area contributed by atoms with Gasteiger partial charge in [-0.1, -0.05) is 23.7 Å². The van der Waals surface area contributed by atoms with Gasteiger partial charge in [0.1, 0.15) is 6.10 Å². The molecule has 0 bridgehead atoms. The number of nitrogens with two attached hydrogens (primary N) is 1. The van der Waals surface area contributed by atoms with E-state index in [1.165, 1.54) is 12.1 Å². The second-order valence-electron chi connectivity index (χ2n) is 3.68. The van der Waals surface area contributed by atoms with E-state index in [1.807, 2.05) is 6.07 Å². The molecular weight excluding hydrogens is 255 g/mol. The van der Waals surface area contributed by atoms with Crippen LogP contribution < -0.4 is 10.5 Å². The fraction of sp³-hybridized carbons (Fsp3) is 0.154. The summed E-state index contributed by atoms with van der Waals surface area (Å²) in [5.74, 6) is -0.497. The first kappa shape index (κ1) is 12.8. The molecule has 94 valence electrons. The van der Waals surface area contributed by atoms with Crippen LogP contribution in [0, 0.1) is 5.82 Å². The number of hydrogen-bond acceptors (Lipinski definition) is 3. The molecule has 2 aromatic rings. The summed E-state index contributed by atoms with van der Waals surface area (Å²) < 4.78 is 19.2. The lowest BCUT2D eigenvalue weighted by atomic mass is 10.1. The van der Waals surface area contributed by atoms with Crippen LogP contribution in [0.3, 0.4) is 0 Å². The quantitative estimate of drug-likeness (QED) is 0.926. The third-order valence-corrected chi connectivity index (χ3v) is 2.75. The highest BCUT2D eigenvalue weighted by Crippen LogP contribution is 2.28. The minimum Gasteiger partial charge on any atom is -0.481 e. The minimum atomic E-state index is -0.582. The van der Waals surface area contributed by atoms with Gasteiger partial charge in [-0.2, -0.15) is 0 Å². The van der Waals surface area contributed by atoms with Gasteiger partial charge in [0.05, 0.1) is 5.02 Å². The van der Waals surface area contributed by atoms with E-state index in [9.17, 15) is 4.39 Å². The van der Waals surface area contributed by atoms with E-state index in [0.29, 0.717) is 0 Å². The lowest BCUT2D eigenvalue weighted by Gasteiger charge is -2.18. The Hall–Kier alpha value is -1.65. The highest BCUT2D eigenvalue weighted by Gasteiger charge is 2.15. The predicted molar refractivity (Wildman–Crippen MR) is 68.1 cm³/mol. The number of halogens is 2. The molecule has 2 rings (SSSR count). The SMILES string of the molecule is NCC(Oc1cccc(Cl)c1F)c1cccnc1. The zero-order valence-corrected chi connectivity index (χ0v) is 10.3. The summed E-state index contributed by atoms with van der Waals surface area (Å²) in [5.41, 5.74) is 6.42. The van der Waals surface area contributed by atoms with E-state index in [2.05, 4.69) is 4.98 Å². The average Bonchev–Trinajstić information content (AvgIpc) is 2.41. The number of nitrogens with zero attached hydrogens (tertiary/aromatic N) is 1. The number of aromatic nitrogens is 1. The fourth-order valence-corrected chi connectivity index (χ4v) is 1.71. The molecule has 0 aliphatic rings. The van der Waals surface area contributed by atoms with Crippen molar-refractivity contribution >= 4 is 11.6 Å². The smallest absolute Gasteiger partial charge is 0.183 e. The lowest BCUT2D eigenvalue weighted by molar-refractivity contribution is 0.204. The molecule has 0 radical (unpaired) electrons.